The Balaban J connectivity index is 3.09. The predicted octanol–water partition coefficient (Wildman–Crippen LogP) is 3.95. The average molecular weight is 355 g/mol. The van der Waals surface area contributed by atoms with Gasteiger partial charge in [-0.05, 0) is 26.8 Å². The van der Waals surface area contributed by atoms with Crippen molar-refractivity contribution < 1.29 is 19.1 Å². The second kappa shape index (κ2) is 6.89. The highest BCUT2D eigenvalue weighted by Crippen LogP contribution is 2.32. The van der Waals surface area contributed by atoms with Gasteiger partial charge in [0.25, 0.3) is 0 Å². The van der Waals surface area contributed by atoms with Gasteiger partial charge in [0.15, 0.2) is 6.10 Å². The molecule has 0 N–H and O–H groups in total. The first kappa shape index (κ1) is 17.4. The van der Waals surface area contributed by atoms with E-state index >= 15 is 0 Å². The normalized spacial score (nSPS) is 12.4. The Kier molecular flexibility index (Phi) is 5.72. The van der Waals surface area contributed by atoms with Crippen LogP contribution in [0.3, 0.4) is 0 Å². The largest absolute Gasteiger partial charge is 0.457 e. The molecule has 1 aromatic rings. The fourth-order valence-electron chi connectivity index (χ4n) is 1.63. The van der Waals surface area contributed by atoms with Gasteiger partial charge in [0.1, 0.15) is 5.60 Å². The van der Waals surface area contributed by atoms with Crippen LogP contribution in [-0.4, -0.2) is 17.5 Å². The molecule has 114 valence electrons. The van der Waals surface area contributed by atoms with Crippen LogP contribution in [0.4, 0.5) is 0 Å². The van der Waals surface area contributed by atoms with Crippen molar-refractivity contribution in [2.75, 3.05) is 0 Å². The molecule has 0 aromatic heterocycles. The number of esters is 2. The lowest BCUT2D eigenvalue weighted by atomic mass is 10.0. The van der Waals surface area contributed by atoms with Crippen LogP contribution in [-0.2, 0) is 19.1 Å². The van der Waals surface area contributed by atoms with Gasteiger partial charge >= 0.3 is 11.9 Å². The molecule has 0 aliphatic heterocycles. The van der Waals surface area contributed by atoms with Crippen LogP contribution in [0.25, 0.3) is 0 Å². The molecule has 0 amide bonds. The Morgan fingerprint density at radius 3 is 2.29 bits per heavy atom. The highest BCUT2D eigenvalue weighted by atomic mass is 79.9. The van der Waals surface area contributed by atoms with Gasteiger partial charge in [0.05, 0.1) is 5.57 Å². The average Bonchev–Trinajstić information content (AvgIpc) is 2.33. The lowest BCUT2D eigenvalue weighted by Gasteiger charge is -2.24. The maximum Gasteiger partial charge on any atom is 0.338 e. The Bertz CT molecular complexity index is 558. The minimum atomic E-state index is -0.882. The highest BCUT2D eigenvalue weighted by Gasteiger charge is 2.29. The van der Waals surface area contributed by atoms with E-state index in [-0.39, 0.29) is 5.57 Å². The third kappa shape index (κ3) is 5.34. The summed E-state index contributed by atoms with van der Waals surface area (Å²) in [4.78, 5) is 23.5. The summed E-state index contributed by atoms with van der Waals surface area (Å²) in [7, 11) is 0. The second-order valence-electron chi connectivity index (χ2n) is 5.54. The number of halogens is 1. The number of benzene rings is 1. The van der Waals surface area contributed by atoms with Crippen molar-refractivity contribution in [3.05, 3.63) is 46.5 Å². The van der Waals surface area contributed by atoms with Crippen LogP contribution < -0.4 is 0 Å². The van der Waals surface area contributed by atoms with Crippen molar-refractivity contribution in [1.29, 1.82) is 0 Å². The molecule has 1 rings (SSSR count). The van der Waals surface area contributed by atoms with Crippen LogP contribution in [0, 0.1) is 0 Å². The summed E-state index contributed by atoms with van der Waals surface area (Å²) in [6, 6.07) is 7.18. The molecule has 0 bridgehead atoms. The van der Waals surface area contributed by atoms with Gasteiger partial charge < -0.3 is 9.47 Å². The Morgan fingerprint density at radius 2 is 1.81 bits per heavy atom. The van der Waals surface area contributed by atoms with E-state index in [1.54, 1.807) is 39.0 Å². The van der Waals surface area contributed by atoms with Gasteiger partial charge in [-0.1, -0.05) is 40.7 Å². The number of carbonyl (C=O) groups is 2. The summed E-state index contributed by atoms with van der Waals surface area (Å²) in [5, 5.41) is 0. The lowest BCUT2D eigenvalue weighted by molar-refractivity contribution is -0.153. The molecule has 21 heavy (non-hydrogen) atoms. The van der Waals surface area contributed by atoms with Crippen LogP contribution in [0.2, 0.25) is 0 Å². The molecule has 0 fully saturated rings. The van der Waals surface area contributed by atoms with E-state index in [0.29, 0.717) is 5.56 Å². The third-order valence-electron chi connectivity index (χ3n) is 2.45. The first-order valence-electron chi connectivity index (χ1n) is 6.45. The molecule has 0 saturated carbocycles. The second-order valence-corrected chi connectivity index (χ2v) is 6.39. The summed E-state index contributed by atoms with van der Waals surface area (Å²) < 4.78 is 11.2. The monoisotopic (exact) mass is 354 g/mol. The molecular formula is C16H19BrO4. The molecule has 0 spiro atoms. The summed E-state index contributed by atoms with van der Waals surface area (Å²) >= 11 is 3.38. The van der Waals surface area contributed by atoms with Crippen molar-refractivity contribution in [1.82, 2.24) is 0 Å². The van der Waals surface area contributed by atoms with Crippen LogP contribution in [0.1, 0.15) is 39.4 Å². The SMILES string of the molecule is C=C(C(=O)OC(C)(C)C)C(OC(C)=O)c1ccccc1Br. The molecule has 4 nitrogen and oxygen atoms in total. The van der Waals surface area contributed by atoms with E-state index in [4.69, 9.17) is 9.47 Å². The van der Waals surface area contributed by atoms with E-state index in [2.05, 4.69) is 22.5 Å². The van der Waals surface area contributed by atoms with Gasteiger partial charge in [0, 0.05) is 17.0 Å². The highest BCUT2D eigenvalue weighted by molar-refractivity contribution is 9.10. The molecule has 0 heterocycles. The standard InChI is InChI=1S/C16H19BrO4/c1-10(15(19)21-16(3,4)5)14(20-11(2)18)12-8-6-7-9-13(12)17/h6-9,14H,1H2,2-5H3. The Morgan fingerprint density at radius 1 is 1.24 bits per heavy atom. The molecule has 1 atom stereocenters. The van der Waals surface area contributed by atoms with E-state index < -0.39 is 23.6 Å². The van der Waals surface area contributed by atoms with Crippen molar-refractivity contribution in [3.8, 4) is 0 Å². The van der Waals surface area contributed by atoms with Crippen LogP contribution in [0.15, 0.2) is 40.9 Å². The molecule has 0 radical (unpaired) electrons. The summed E-state index contributed by atoms with van der Waals surface area (Å²) in [6.07, 6.45) is -0.882. The molecule has 0 aliphatic carbocycles. The lowest BCUT2D eigenvalue weighted by Crippen LogP contribution is -2.27. The zero-order chi connectivity index (χ0) is 16.2. The van der Waals surface area contributed by atoms with Crippen molar-refractivity contribution in [2.24, 2.45) is 0 Å². The van der Waals surface area contributed by atoms with Gasteiger partial charge in [-0.3, -0.25) is 4.79 Å². The first-order chi connectivity index (χ1) is 9.61. The van der Waals surface area contributed by atoms with Gasteiger partial charge in [-0.2, -0.15) is 0 Å². The number of carbonyl (C=O) groups excluding carboxylic acids is 2. The van der Waals surface area contributed by atoms with Gasteiger partial charge in [-0.15, -0.1) is 0 Å². The van der Waals surface area contributed by atoms with Crippen molar-refractivity contribution >= 4 is 27.9 Å². The van der Waals surface area contributed by atoms with Crippen molar-refractivity contribution in [2.45, 2.75) is 39.4 Å². The molecule has 1 unspecified atom stereocenters. The zero-order valence-electron chi connectivity index (χ0n) is 12.6. The minimum Gasteiger partial charge on any atom is -0.457 e. The smallest absolute Gasteiger partial charge is 0.338 e. The predicted molar refractivity (Wildman–Crippen MR) is 83.6 cm³/mol. The van der Waals surface area contributed by atoms with Crippen LogP contribution in [0.5, 0.6) is 0 Å². The number of rotatable bonds is 4. The molecule has 0 aliphatic rings. The number of hydrogen-bond acceptors (Lipinski definition) is 4. The maximum atomic E-state index is 12.1. The molecule has 5 heteroatoms. The van der Waals surface area contributed by atoms with Crippen LogP contribution >= 0.6 is 15.9 Å². The number of ether oxygens (including phenoxy) is 2. The fourth-order valence-corrected chi connectivity index (χ4v) is 2.12. The molecular weight excluding hydrogens is 336 g/mol. The van der Waals surface area contributed by atoms with Gasteiger partial charge in [-0.25, -0.2) is 4.79 Å². The minimum absolute atomic E-state index is 0.0759. The quantitative estimate of drug-likeness (QED) is 0.606. The third-order valence-corrected chi connectivity index (χ3v) is 3.17. The molecule has 1 aromatic carbocycles. The molecule has 0 saturated heterocycles. The maximum absolute atomic E-state index is 12.1. The summed E-state index contributed by atoms with van der Waals surface area (Å²) in [5.74, 6) is -1.09. The van der Waals surface area contributed by atoms with E-state index in [1.165, 1.54) is 6.92 Å². The zero-order valence-corrected chi connectivity index (χ0v) is 14.2. The Labute approximate surface area is 133 Å². The van der Waals surface area contributed by atoms with E-state index in [1.807, 2.05) is 6.07 Å². The summed E-state index contributed by atoms with van der Waals surface area (Å²) in [5.41, 5.74) is 0.0740. The van der Waals surface area contributed by atoms with Crippen molar-refractivity contribution in [3.63, 3.8) is 0 Å². The van der Waals surface area contributed by atoms with E-state index in [0.717, 1.165) is 4.47 Å². The van der Waals surface area contributed by atoms with E-state index in [9.17, 15) is 9.59 Å². The fraction of sp³-hybridized carbons (Fsp3) is 0.375. The van der Waals surface area contributed by atoms with Gasteiger partial charge in [0.2, 0.25) is 0 Å². The topological polar surface area (TPSA) is 52.6 Å². The number of hydrogen-bond donors (Lipinski definition) is 0. The Hall–Kier alpha value is -1.62. The first-order valence-corrected chi connectivity index (χ1v) is 7.25. The summed E-state index contributed by atoms with van der Waals surface area (Å²) in [6.45, 7) is 10.3.